The molecule has 0 saturated heterocycles. The maximum Gasteiger partial charge on any atom is 0.260 e. The van der Waals surface area contributed by atoms with Crippen molar-refractivity contribution in [1.82, 2.24) is 9.97 Å². The Morgan fingerprint density at radius 3 is 2.42 bits per heavy atom. The molecule has 1 aliphatic heterocycles. The summed E-state index contributed by atoms with van der Waals surface area (Å²) in [4.78, 5) is 23.9. The highest BCUT2D eigenvalue weighted by atomic mass is 16.5. The van der Waals surface area contributed by atoms with E-state index in [1.165, 1.54) is 7.11 Å². The summed E-state index contributed by atoms with van der Waals surface area (Å²) < 4.78 is 10.6. The summed E-state index contributed by atoms with van der Waals surface area (Å²) in [6.45, 7) is 5.76. The number of anilines is 1. The number of hydrogen-bond donors (Lipinski definition) is 1. The monoisotopic (exact) mass is 419 g/mol. The third-order valence-corrected chi connectivity index (χ3v) is 5.47. The lowest BCUT2D eigenvalue weighted by Crippen LogP contribution is -2.23. The second-order valence-electron chi connectivity index (χ2n) is 8.08. The summed E-state index contributed by atoms with van der Waals surface area (Å²) in [5.74, 6) is 0.845. The van der Waals surface area contributed by atoms with Gasteiger partial charge in [0.15, 0.2) is 5.75 Å². The Morgan fingerprint density at radius 1 is 1.10 bits per heavy atom. The van der Waals surface area contributed by atoms with Gasteiger partial charge in [-0.2, -0.15) is 0 Å². The Morgan fingerprint density at radius 2 is 1.81 bits per heavy atom. The molecule has 31 heavy (non-hydrogen) atoms. The van der Waals surface area contributed by atoms with E-state index in [0.29, 0.717) is 23.7 Å². The first-order chi connectivity index (χ1) is 14.7. The highest BCUT2D eigenvalue weighted by Crippen LogP contribution is 2.34. The summed E-state index contributed by atoms with van der Waals surface area (Å²) >= 11 is 0. The van der Waals surface area contributed by atoms with E-state index < -0.39 is 5.60 Å². The van der Waals surface area contributed by atoms with Crippen LogP contribution in [0.5, 0.6) is 11.6 Å². The summed E-state index contributed by atoms with van der Waals surface area (Å²) in [6.07, 6.45) is 1.68. The molecular weight excluding hydrogens is 394 g/mol. The summed E-state index contributed by atoms with van der Waals surface area (Å²) in [6, 6.07) is 11.1. The van der Waals surface area contributed by atoms with Gasteiger partial charge in [-0.25, -0.2) is 4.98 Å². The Kier molecular flexibility index (Phi) is 5.15. The number of benzene rings is 1. The highest BCUT2D eigenvalue weighted by Gasteiger charge is 2.32. The van der Waals surface area contributed by atoms with Crippen molar-refractivity contribution in [3.63, 3.8) is 0 Å². The highest BCUT2D eigenvalue weighted by molar-refractivity contribution is 6.10. The topological polar surface area (TPSA) is 84.8 Å². The Hall–Kier alpha value is -3.45. The van der Waals surface area contributed by atoms with E-state index in [4.69, 9.17) is 14.5 Å². The van der Waals surface area contributed by atoms with Crippen LogP contribution >= 0.6 is 0 Å². The minimum atomic E-state index is -0.934. The minimum absolute atomic E-state index is 0.0759. The third kappa shape index (κ3) is 3.72. The molecule has 1 N–H and O–H groups in total. The van der Waals surface area contributed by atoms with E-state index in [-0.39, 0.29) is 5.91 Å². The van der Waals surface area contributed by atoms with Gasteiger partial charge < -0.3 is 19.5 Å². The van der Waals surface area contributed by atoms with Crippen molar-refractivity contribution in [2.75, 3.05) is 19.1 Å². The molecule has 1 aliphatic rings. The van der Waals surface area contributed by atoms with Gasteiger partial charge in [0, 0.05) is 17.4 Å². The number of nitrogens with zero attached hydrogens (tertiary/aromatic N) is 3. The number of hydrogen-bond acceptors (Lipinski definition) is 6. The minimum Gasteiger partial charge on any atom is -0.491 e. The predicted molar refractivity (Wildman–Crippen MR) is 118 cm³/mol. The van der Waals surface area contributed by atoms with Crippen LogP contribution in [0.1, 0.15) is 41.0 Å². The molecule has 4 rings (SSSR count). The molecule has 3 heterocycles. The van der Waals surface area contributed by atoms with Gasteiger partial charge in [0.1, 0.15) is 0 Å². The molecule has 7 heteroatoms. The van der Waals surface area contributed by atoms with Crippen LogP contribution in [-0.2, 0) is 12.1 Å². The van der Waals surface area contributed by atoms with Crippen molar-refractivity contribution >= 4 is 11.6 Å². The first-order valence-corrected chi connectivity index (χ1v) is 9.96. The molecule has 0 aliphatic carbocycles. The number of carbonyl (C=O) groups excluding carboxylic acids is 1. The maximum absolute atomic E-state index is 13.1. The molecule has 0 spiro atoms. The summed E-state index contributed by atoms with van der Waals surface area (Å²) in [5, 5.41) is 10.2. The van der Waals surface area contributed by atoms with Crippen molar-refractivity contribution in [1.29, 1.82) is 0 Å². The number of aliphatic hydroxyl groups is 1. The van der Waals surface area contributed by atoms with Gasteiger partial charge in [-0.3, -0.25) is 9.78 Å². The van der Waals surface area contributed by atoms with Crippen molar-refractivity contribution in [3.8, 4) is 22.9 Å². The molecular formula is C24H25N3O4. The lowest BCUT2D eigenvalue weighted by atomic mass is 9.98. The Labute approximate surface area is 181 Å². The van der Waals surface area contributed by atoms with Crippen LogP contribution < -0.4 is 14.4 Å². The fourth-order valence-electron chi connectivity index (χ4n) is 3.78. The quantitative estimate of drug-likeness (QED) is 0.676. The van der Waals surface area contributed by atoms with Crippen LogP contribution in [0.4, 0.5) is 5.69 Å². The molecule has 1 amide bonds. The van der Waals surface area contributed by atoms with E-state index >= 15 is 0 Å². The average Bonchev–Trinajstić information content (AvgIpc) is 3.09. The predicted octanol–water partition coefficient (Wildman–Crippen LogP) is 3.86. The smallest absolute Gasteiger partial charge is 0.260 e. The first-order valence-electron chi connectivity index (χ1n) is 9.96. The van der Waals surface area contributed by atoms with Crippen LogP contribution in [-0.4, -0.2) is 35.2 Å². The van der Waals surface area contributed by atoms with Gasteiger partial charge in [-0.15, -0.1) is 0 Å². The van der Waals surface area contributed by atoms with E-state index in [1.54, 1.807) is 32.1 Å². The molecule has 0 unspecified atom stereocenters. The van der Waals surface area contributed by atoms with Gasteiger partial charge in [0.05, 0.1) is 43.3 Å². The van der Waals surface area contributed by atoms with Gasteiger partial charge in [0.25, 0.3) is 11.8 Å². The first kappa shape index (κ1) is 20.8. The summed E-state index contributed by atoms with van der Waals surface area (Å²) in [7, 11) is 3.10. The number of aryl methyl sites for hydroxylation is 1. The lowest BCUT2D eigenvalue weighted by molar-refractivity contribution is 0.0786. The van der Waals surface area contributed by atoms with Crippen molar-refractivity contribution in [2.45, 2.75) is 32.9 Å². The second kappa shape index (κ2) is 7.67. The fraction of sp³-hybridized carbons (Fsp3) is 0.292. The molecule has 7 nitrogen and oxygen atoms in total. The number of fused-ring (bicyclic) bond motifs is 1. The number of carbonyl (C=O) groups is 1. The van der Waals surface area contributed by atoms with Crippen LogP contribution in [0.25, 0.3) is 11.3 Å². The normalized spacial score (nSPS) is 13.4. The van der Waals surface area contributed by atoms with E-state index in [0.717, 1.165) is 33.8 Å². The van der Waals surface area contributed by atoms with Gasteiger partial charge in [-0.05, 0) is 56.2 Å². The fourth-order valence-corrected chi connectivity index (χ4v) is 3.78. The zero-order chi connectivity index (χ0) is 22.3. The number of rotatable bonds is 5. The molecule has 160 valence electrons. The third-order valence-electron chi connectivity index (χ3n) is 5.47. The molecule has 0 bridgehead atoms. The van der Waals surface area contributed by atoms with Crippen LogP contribution in [0.15, 0.2) is 42.6 Å². The molecule has 0 fully saturated rings. The van der Waals surface area contributed by atoms with E-state index in [2.05, 4.69) is 4.98 Å². The molecule has 3 aromatic rings. The largest absolute Gasteiger partial charge is 0.491 e. The van der Waals surface area contributed by atoms with E-state index in [1.807, 2.05) is 43.3 Å². The van der Waals surface area contributed by atoms with Crippen molar-refractivity contribution in [3.05, 3.63) is 65.0 Å². The second-order valence-corrected chi connectivity index (χ2v) is 8.08. The van der Waals surface area contributed by atoms with Gasteiger partial charge in [-0.1, -0.05) is 12.1 Å². The average molecular weight is 419 g/mol. The Balaban J connectivity index is 1.68. The number of ether oxygens (including phenoxy) is 2. The number of methoxy groups -OCH3 is 2. The molecule has 0 radical (unpaired) electrons. The zero-order valence-electron chi connectivity index (χ0n) is 18.3. The number of aromatic nitrogens is 2. The van der Waals surface area contributed by atoms with Crippen molar-refractivity contribution in [2.24, 2.45) is 0 Å². The van der Waals surface area contributed by atoms with Gasteiger partial charge >= 0.3 is 0 Å². The van der Waals surface area contributed by atoms with Crippen LogP contribution in [0.2, 0.25) is 0 Å². The van der Waals surface area contributed by atoms with Crippen LogP contribution in [0.3, 0.4) is 0 Å². The van der Waals surface area contributed by atoms with Crippen LogP contribution in [0, 0.1) is 6.92 Å². The Bertz CT molecular complexity index is 1150. The molecule has 2 aromatic heterocycles. The van der Waals surface area contributed by atoms with E-state index in [9.17, 15) is 9.90 Å². The van der Waals surface area contributed by atoms with Gasteiger partial charge in [0.2, 0.25) is 0 Å². The SMILES string of the molecule is COc1cc(-c2cc(C)c3c(n2)CN(c2ccc(C(C)(C)O)cc2)C3=O)cnc1OC. The number of pyridine rings is 2. The molecule has 0 atom stereocenters. The maximum atomic E-state index is 13.1. The molecule has 0 saturated carbocycles. The molecule has 1 aromatic carbocycles. The lowest BCUT2D eigenvalue weighted by Gasteiger charge is -2.20. The number of amides is 1. The zero-order valence-corrected chi connectivity index (χ0v) is 18.3. The standard InChI is InChI=1S/C24H25N3O4/c1-14-10-18(15-11-20(30-4)22(31-5)25-12-15)26-19-13-27(23(28)21(14)19)17-8-6-16(7-9-17)24(2,3)29/h6-12,29H,13H2,1-5H3. The van der Waals surface area contributed by atoms with Crippen molar-refractivity contribution < 1.29 is 19.4 Å². The summed E-state index contributed by atoms with van der Waals surface area (Å²) in [5.41, 5.74) is 4.33.